The summed E-state index contributed by atoms with van der Waals surface area (Å²) >= 11 is 11.5. The van der Waals surface area contributed by atoms with Crippen LogP contribution in [0.4, 0.5) is 0 Å². The third-order valence-corrected chi connectivity index (χ3v) is 8.15. The lowest BCUT2D eigenvalue weighted by Crippen LogP contribution is -2.18. The van der Waals surface area contributed by atoms with Gasteiger partial charge in [-0.1, -0.05) is 36.5 Å². The third-order valence-electron chi connectivity index (χ3n) is 4.37. The van der Waals surface area contributed by atoms with Crippen LogP contribution < -0.4 is 10.6 Å². The monoisotopic (exact) mass is 492 g/mol. The molecule has 4 aromatic rings. The fourth-order valence-electron chi connectivity index (χ4n) is 2.91. The molecular formula is C19H20N6S5. The second kappa shape index (κ2) is 11.4. The van der Waals surface area contributed by atoms with Crippen LogP contribution in [0.2, 0.25) is 0 Å². The number of fused-ring (bicyclic) bond motifs is 2. The average Bonchev–Trinajstić information content (AvgIpc) is 3.43. The van der Waals surface area contributed by atoms with Crippen molar-refractivity contribution >= 4 is 84.8 Å². The van der Waals surface area contributed by atoms with E-state index in [0.717, 1.165) is 63.3 Å². The van der Waals surface area contributed by atoms with E-state index in [0.29, 0.717) is 0 Å². The molecule has 0 radical (unpaired) electrons. The second-order valence-corrected chi connectivity index (χ2v) is 10.8. The van der Waals surface area contributed by atoms with Crippen molar-refractivity contribution in [2.24, 2.45) is 0 Å². The van der Waals surface area contributed by atoms with Gasteiger partial charge in [-0.15, -0.1) is 23.5 Å². The molecule has 156 valence electrons. The second-order valence-electron chi connectivity index (χ2n) is 6.40. The number of nitrogens with one attached hydrogen (secondary N) is 2. The average molecular weight is 493 g/mol. The predicted molar refractivity (Wildman–Crippen MR) is 136 cm³/mol. The number of thiocarbonyl (C=S) groups is 1. The van der Waals surface area contributed by atoms with Crippen molar-refractivity contribution in [1.82, 2.24) is 28.1 Å². The molecular weight excluding hydrogens is 473 g/mol. The summed E-state index contributed by atoms with van der Waals surface area (Å²) in [5.41, 5.74) is 6.34. The van der Waals surface area contributed by atoms with Gasteiger partial charge < -0.3 is 10.6 Å². The summed E-state index contributed by atoms with van der Waals surface area (Å²) in [6.07, 6.45) is 0. The Labute approximate surface area is 197 Å². The van der Waals surface area contributed by atoms with Crippen molar-refractivity contribution in [3.63, 3.8) is 0 Å². The maximum Gasteiger partial charge on any atom is 0.109 e. The molecule has 0 fully saturated rings. The molecule has 0 atom stereocenters. The van der Waals surface area contributed by atoms with E-state index in [1.807, 2.05) is 24.3 Å². The molecule has 0 aliphatic heterocycles. The van der Waals surface area contributed by atoms with Gasteiger partial charge in [0.2, 0.25) is 0 Å². The Hall–Kier alpha value is -1.21. The molecule has 0 saturated heterocycles. The first-order chi connectivity index (χ1) is 14.8. The van der Waals surface area contributed by atoms with Crippen molar-refractivity contribution < 1.29 is 0 Å². The molecule has 2 aromatic carbocycles. The molecule has 11 heteroatoms. The van der Waals surface area contributed by atoms with Crippen molar-refractivity contribution in [1.29, 1.82) is 0 Å². The van der Waals surface area contributed by atoms with Gasteiger partial charge in [-0.3, -0.25) is 0 Å². The summed E-state index contributed by atoms with van der Waals surface area (Å²) in [7, 11) is 0. The molecule has 4 rings (SSSR count). The number of benzene rings is 2. The van der Waals surface area contributed by atoms with E-state index in [4.69, 9.17) is 12.2 Å². The first kappa shape index (κ1) is 22.0. The Morgan fingerprint density at radius 1 is 0.767 bits per heavy atom. The number of hydrogen-bond donors (Lipinski definition) is 2. The van der Waals surface area contributed by atoms with Gasteiger partial charge in [0.15, 0.2) is 0 Å². The van der Waals surface area contributed by atoms with Gasteiger partial charge in [-0.2, -0.15) is 17.5 Å². The minimum atomic E-state index is 0.800. The number of thioether (sulfide) groups is 2. The highest BCUT2D eigenvalue weighted by Crippen LogP contribution is 2.18. The lowest BCUT2D eigenvalue weighted by molar-refractivity contribution is 0.735. The summed E-state index contributed by atoms with van der Waals surface area (Å²) in [6, 6.07) is 12.3. The largest absolute Gasteiger partial charge is 0.312 e. The molecule has 0 aliphatic rings. The maximum absolute atomic E-state index is 5.48. The smallest absolute Gasteiger partial charge is 0.109 e. The highest BCUT2D eigenvalue weighted by Gasteiger charge is 2.06. The van der Waals surface area contributed by atoms with E-state index >= 15 is 0 Å². The summed E-state index contributed by atoms with van der Waals surface area (Å²) < 4.78 is 18.3. The molecule has 2 heterocycles. The van der Waals surface area contributed by atoms with E-state index in [-0.39, 0.29) is 0 Å². The molecule has 0 spiro atoms. The number of rotatable bonds is 10. The lowest BCUT2D eigenvalue weighted by atomic mass is 10.2. The molecule has 0 saturated carbocycles. The quantitative estimate of drug-likeness (QED) is 0.248. The first-order valence-corrected chi connectivity index (χ1v) is 13.3. The molecule has 30 heavy (non-hydrogen) atoms. The summed E-state index contributed by atoms with van der Waals surface area (Å²) in [6.45, 7) is 3.41. The van der Waals surface area contributed by atoms with Crippen molar-refractivity contribution in [2.45, 2.75) is 13.1 Å². The zero-order valence-electron chi connectivity index (χ0n) is 16.0. The van der Waals surface area contributed by atoms with Crippen LogP contribution >= 0.6 is 59.2 Å². The number of aromatic nitrogens is 4. The Bertz CT molecular complexity index is 1020. The maximum atomic E-state index is 5.48. The van der Waals surface area contributed by atoms with Crippen molar-refractivity contribution in [3.05, 3.63) is 47.5 Å². The van der Waals surface area contributed by atoms with E-state index in [9.17, 15) is 0 Å². The molecule has 0 unspecified atom stereocenters. The summed E-state index contributed by atoms with van der Waals surface area (Å²) in [4.78, 5) is 0. The molecule has 6 nitrogen and oxygen atoms in total. The molecule has 2 aromatic heterocycles. The van der Waals surface area contributed by atoms with Crippen LogP contribution in [0.15, 0.2) is 36.4 Å². The number of nitrogens with zero attached hydrogens (tertiary/aromatic N) is 4. The first-order valence-electron chi connectivity index (χ1n) is 9.42. The van der Waals surface area contributed by atoms with Crippen LogP contribution in [0.5, 0.6) is 0 Å². The standard InChI is InChI=1S/C19H20N6S5/c26-19(27-9-7-20-11-13-3-1-5-15-17(13)24-29-22-15)28-10-8-21-12-14-4-2-6-16-18(14)25-30-23-16/h1-6,20-21H,7-12H2. The van der Waals surface area contributed by atoms with Gasteiger partial charge in [0.1, 0.15) is 25.6 Å². The third kappa shape index (κ3) is 5.94. The Balaban J connectivity index is 1.07. The molecule has 2 N–H and O–H groups in total. The van der Waals surface area contributed by atoms with Gasteiger partial charge in [-0.05, 0) is 23.3 Å². The Kier molecular flexibility index (Phi) is 8.38. The lowest BCUT2D eigenvalue weighted by Gasteiger charge is -2.07. The fourth-order valence-corrected chi connectivity index (χ4v) is 6.21. The normalized spacial score (nSPS) is 11.5. The van der Waals surface area contributed by atoms with Crippen LogP contribution in [-0.2, 0) is 13.1 Å². The van der Waals surface area contributed by atoms with E-state index in [1.165, 1.54) is 34.6 Å². The molecule has 0 amide bonds. The van der Waals surface area contributed by atoms with Crippen LogP contribution in [0.3, 0.4) is 0 Å². The van der Waals surface area contributed by atoms with Crippen LogP contribution in [0.1, 0.15) is 11.1 Å². The van der Waals surface area contributed by atoms with Crippen LogP contribution in [0, 0.1) is 0 Å². The van der Waals surface area contributed by atoms with Gasteiger partial charge in [-0.25, -0.2) is 0 Å². The summed E-state index contributed by atoms with van der Waals surface area (Å²) in [5.74, 6) is 1.92. The number of hydrogen-bond acceptors (Lipinski definition) is 11. The van der Waals surface area contributed by atoms with Gasteiger partial charge >= 0.3 is 0 Å². The highest BCUT2D eigenvalue weighted by molar-refractivity contribution is 8.47. The van der Waals surface area contributed by atoms with Gasteiger partial charge in [0.05, 0.1) is 23.5 Å². The Morgan fingerprint density at radius 2 is 1.27 bits per heavy atom. The van der Waals surface area contributed by atoms with E-state index in [1.54, 1.807) is 23.5 Å². The predicted octanol–water partition coefficient (Wildman–Crippen LogP) is 4.33. The van der Waals surface area contributed by atoms with Gasteiger partial charge in [0.25, 0.3) is 0 Å². The summed E-state index contributed by atoms with van der Waals surface area (Å²) in [5, 5.41) is 6.94. The SMILES string of the molecule is S=C(SCCNCc1cccc2nsnc12)SCCNCc1cccc2nsnc12. The molecule has 0 bridgehead atoms. The topological polar surface area (TPSA) is 75.6 Å². The van der Waals surface area contributed by atoms with Crippen LogP contribution in [-0.4, -0.2) is 45.6 Å². The van der Waals surface area contributed by atoms with Crippen molar-refractivity contribution in [2.75, 3.05) is 24.6 Å². The highest BCUT2D eigenvalue weighted by atomic mass is 32.2. The zero-order valence-corrected chi connectivity index (χ0v) is 20.1. The zero-order chi connectivity index (χ0) is 20.6. The minimum absolute atomic E-state index is 0.800. The van der Waals surface area contributed by atoms with Crippen LogP contribution in [0.25, 0.3) is 22.1 Å². The van der Waals surface area contributed by atoms with E-state index in [2.05, 4.69) is 40.3 Å². The van der Waals surface area contributed by atoms with Crippen molar-refractivity contribution in [3.8, 4) is 0 Å². The minimum Gasteiger partial charge on any atom is -0.312 e. The van der Waals surface area contributed by atoms with E-state index < -0.39 is 0 Å². The fraction of sp³-hybridized carbons (Fsp3) is 0.316. The Morgan fingerprint density at radius 3 is 1.77 bits per heavy atom. The van der Waals surface area contributed by atoms with Gasteiger partial charge in [0, 0.05) is 37.7 Å². The molecule has 0 aliphatic carbocycles.